The SMILES string of the molecule is CC/C(C=Cc1cccs1)=N/O. The number of rotatable bonds is 3. The summed E-state index contributed by atoms with van der Waals surface area (Å²) >= 11 is 1.66. The van der Waals surface area contributed by atoms with Gasteiger partial charge in [-0.15, -0.1) is 11.3 Å². The lowest BCUT2D eigenvalue weighted by atomic mass is 10.2. The van der Waals surface area contributed by atoms with Crippen LogP contribution in [0.15, 0.2) is 28.7 Å². The van der Waals surface area contributed by atoms with Crippen molar-refractivity contribution >= 4 is 23.1 Å². The molecule has 3 heteroatoms. The van der Waals surface area contributed by atoms with Crippen molar-refractivity contribution in [1.82, 2.24) is 0 Å². The second-order valence-electron chi connectivity index (χ2n) is 2.29. The fraction of sp³-hybridized carbons (Fsp3) is 0.222. The minimum absolute atomic E-state index is 0.698. The highest BCUT2D eigenvalue weighted by atomic mass is 32.1. The van der Waals surface area contributed by atoms with Gasteiger partial charge in [0.05, 0.1) is 5.71 Å². The smallest absolute Gasteiger partial charge is 0.0793 e. The summed E-state index contributed by atoms with van der Waals surface area (Å²) in [6, 6.07) is 4.01. The van der Waals surface area contributed by atoms with E-state index >= 15 is 0 Å². The van der Waals surface area contributed by atoms with Crippen molar-refractivity contribution in [3.05, 3.63) is 28.5 Å². The topological polar surface area (TPSA) is 32.6 Å². The molecule has 1 aromatic rings. The molecule has 0 aliphatic carbocycles. The zero-order valence-electron chi connectivity index (χ0n) is 6.90. The molecule has 0 radical (unpaired) electrons. The average Bonchev–Trinajstić information content (AvgIpc) is 2.59. The second-order valence-corrected chi connectivity index (χ2v) is 3.27. The summed E-state index contributed by atoms with van der Waals surface area (Å²) in [4.78, 5) is 1.17. The lowest BCUT2D eigenvalue weighted by Crippen LogP contribution is -1.88. The molecule has 64 valence electrons. The summed E-state index contributed by atoms with van der Waals surface area (Å²) < 4.78 is 0. The molecule has 1 N–H and O–H groups in total. The van der Waals surface area contributed by atoms with Crippen molar-refractivity contribution in [1.29, 1.82) is 0 Å². The van der Waals surface area contributed by atoms with Crippen molar-refractivity contribution < 1.29 is 5.21 Å². The van der Waals surface area contributed by atoms with E-state index in [-0.39, 0.29) is 0 Å². The Morgan fingerprint density at radius 3 is 3.08 bits per heavy atom. The van der Waals surface area contributed by atoms with Gasteiger partial charge >= 0.3 is 0 Å². The van der Waals surface area contributed by atoms with Gasteiger partial charge < -0.3 is 5.21 Å². The van der Waals surface area contributed by atoms with Gasteiger partial charge in [0.15, 0.2) is 0 Å². The van der Waals surface area contributed by atoms with Crippen molar-refractivity contribution in [3.63, 3.8) is 0 Å². The molecule has 0 aromatic carbocycles. The predicted octanol–water partition coefficient (Wildman–Crippen LogP) is 3.00. The highest BCUT2D eigenvalue weighted by Crippen LogP contribution is 2.10. The first kappa shape index (κ1) is 9.00. The summed E-state index contributed by atoms with van der Waals surface area (Å²) in [5, 5.41) is 13.7. The van der Waals surface area contributed by atoms with Crippen molar-refractivity contribution in [2.75, 3.05) is 0 Å². The normalized spacial score (nSPS) is 12.6. The molecule has 2 nitrogen and oxygen atoms in total. The molecular formula is C9H11NOS. The van der Waals surface area contributed by atoms with Gasteiger partial charge in [0.2, 0.25) is 0 Å². The van der Waals surface area contributed by atoms with Crippen molar-refractivity contribution in [2.45, 2.75) is 13.3 Å². The summed E-state index contributed by atoms with van der Waals surface area (Å²) in [5.74, 6) is 0. The zero-order chi connectivity index (χ0) is 8.81. The Morgan fingerprint density at radius 1 is 1.75 bits per heavy atom. The van der Waals surface area contributed by atoms with Gasteiger partial charge in [-0.25, -0.2) is 0 Å². The van der Waals surface area contributed by atoms with E-state index < -0.39 is 0 Å². The third-order valence-electron chi connectivity index (χ3n) is 1.47. The van der Waals surface area contributed by atoms with E-state index in [1.54, 1.807) is 11.3 Å². The largest absolute Gasteiger partial charge is 0.411 e. The van der Waals surface area contributed by atoms with Crippen LogP contribution in [0.1, 0.15) is 18.2 Å². The number of hydrogen-bond acceptors (Lipinski definition) is 3. The van der Waals surface area contributed by atoms with Crippen LogP contribution in [0.4, 0.5) is 0 Å². The Morgan fingerprint density at radius 2 is 2.58 bits per heavy atom. The molecule has 1 rings (SSSR count). The van der Waals surface area contributed by atoms with Crippen LogP contribution < -0.4 is 0 Å². The van der Waals surface area contributed by atoms with Crippen LogP contribution >= 0.6 is 11.3 Å². The molecule has 0 saturated carbocycles. The number of oxime groups is 1. The third-order valence-corrected chi connectivity index (χ3v) is 2.31. The molecule has 0 fully saturated rings. The Labute approximate surface area is 75.9 Å². The molecule has 0 spiro atoms. The zero-order valence-corrected chi connectivity index (χ0v) is 7.71. The molecule has 0 bridgehead atoms. The van der Waals surface area contributed by atoms with E-state index in [4.69, 9.17) is 5.21 Å². The lowest BCUT2D eigenvalue weighted by Gasteiger charge is -1.89. The molecule has 0 atom stereocenters. The van der Waals surface area contributed by atoms with Crippen LogP contribution in [0.5, 0.6) is 0 Å². The standard InChI is InChI=1S/C9H11NOS/c1-2-8(10-11)5-6-9-4-3-7-12-9/h3-7,11H,2H2,1H3/b6-5?,10-8-. The molecule has 12 heavy (non-hydrogen) atoms. The van der Waals surface area contributed by atoms with Crippen LogP contribution in [0, 0.1) is 0 Å². The van der Waals surface area contributed by atoms with Crippen LogP contribution in [-0.2, 0) is 0 Å². The van der Waals surface area contributed by atoms with Gasteiger partial charge in [0.1, 0.15) is 0 Å². The quantitative estimate of drug-likeness (QED) is 0.434. The maximum absolute atomic E-state index is 8.49. The molecule has 1 aromatic heterocycles. The fourth-order valence-corrected chi connectivity index (χ4v) is 1.40. The van der Waals surface area contributed by atoms with E-state index in [1.807, 2.05) is 36.6 Å². The maximum atomic E-state index is 8.49. The van der Waals surface area contributed by atoms with Crippen LogP contribution in [0.2, 0.25) is 0 Å². The molecule has 0 amide bonds. The van der Waals surface area contributed by atoms with Crippen molar-refractivity contribution in [3.8, 4) is 0 Å². The molecule has 0 unspecified atom stereocenters. The maximum Gasteiger partial charge on any atom is 0.0793 e. The van der Waals surface area contributed by atoms with Gasteiger partial charge in [-0.2, -0.15) is 0 Å². The lowest BCUT2D eigenvalue weighted by molar-refractivity contribution is 0.318. The molecule has 0 aliphatic rings. The third kappa shape index (κ3) is 2.51. The Bertz CT molecular complexity index is 275. The number of nitrogens with zero attached hydrogens (tertiary/aromatic N) is 1. The Hall–Kier alpha value is -1.09. The van der Waals surface area contributed by atoms with E-state index in [0.717, 1.165) is 6.42 Å². The van der Waals surface area contributed by atoms with Gasteiger partial charge in [-0.3, -0.25) is 0 Å². The van der Waals surface area contributed by atoms with Crippen LogP contribution in [-0.4, -0.2) is 10.9 Å². The Balaban J connectivity index is 2.62. The van der Waals surface area contributed by atoms with Gasteiger partial charge in [-0.1, -0.05) is 18.1 Å². The summed E-state index contributed by atoms with van der Waals surface area (Å²) in [7, 11) is 0. The van der Waals surface area contributed by atoms with E-state index in [1.165, 1.54) is 4.88 Å². The summed E-state index contributed by atoms with van der Waals surface area (Å²) in [6.45, 7) is 1.95. The highest BCUT2D eigenvalue weighted by molar-refractivity contribution is 7.10. The number of allylic oxidation sites excluding steroid dienone is 1. The van der Waals surface area contributed by atoms with Crippen LogP contribution in [0.3, 0.4) is 0 Å². The summed E-state index contributed by atoms with van der Waals surface area (Å²) in [6.07, 6.45) is 4.52. The molecule has 0 saturated heterocycles. The minimum Gasteiger partial charge on any atom is -0.411 e. The van der Waals surface area contributed by atoms with Gasteiger partial charge in [0.25, 0.3) is 0 Å². The Kier molecular flexibility index (Phi) is 3.54. The van der Waals surface area contributed by atoms with Crippen molar-refractivity contribution in [2.24, 2.45) is 5.16 Å². The first-order valence-electron chi connectivity index (χ1n) is 3.79. The number of hydrogen-bond donors (Lipinski definition) is 1. The molecule has 1 heterocycles. The van der Waals surface area contributed by atoms with Crippen LogP contribution in [0.25, 0.3) is 6.08 Å². The second kappa shape index (κ2) is 4.72. The molecular weight excluding hydrogens is 170 g/mol. The molecule has 0 aliphatic heterocycles. The first-order valence-corrected chi connectivity index (χ1v) is 4.67. The van der Waals surface area contributed by atoms with Gasteiger partial charge in [-0.05, 0) is 30.0 Å². The number of thiophene rings is 1. The van der Waals surface area contributed by atoms with E-state index in [2.05, 4.69) is 5.16 Å². The van der Waals surface area contributed by atoms with E-state index in [9.17, 15) is 0 Å². The first-order chi connectivity index (χ1) is 5.86. The highest BCUT2D eigenvalue weighted by Gasteiger charge is 1.90. The average molecular weight is 181 g/mol. The van der Waals surface area contributed by atoms with E-state index in [0.29, 0.717) is 5.71 Å². The minimum atomic E-state index is 0.698. The fourth-order valence-electron chi connectivity index (χ4n) is 0.786. The van der Waals surface area contributed by atoms with Gasteiger partial charge in [0, 0.05) is 4.88 Å². The predicted molar refractivity (Wildman–Crippen MR) is 52.9 cm³/mol. The monoisotopic (exact) mass is 181 g/mol. The summed E-state index contributed by atoms with van der Waals surface area (Å²) in [5.41, 5.74) is 0.698.